The van der Waals surface area contributed by atoms with Crippen molar-refractivity contribution in [1.82, 2.24) is 14.9 Å². The zero-order valence-corrected chi connectivity index (χ0v) is 19.5. The van der Waals surface area contributed by atoms with E-state index in [0.717, 1.165) is 35.9 Å². The monoisotopic (exact) mass is 454 g/mol. The molecule has 0 aliphatic carbocycles. The molecule has 2 heterocycles. The van der Waals surface area contributed by atoms with E-state index in [1.54, 1.807) is 17.9 Å². The molecule has 0 atom stereocenters. The molecule has 170 valence electrons. The van der Waals surface area contributed by atoms with Gasteiger partial charge in [-0.2, -0.15) is 0 Å². The Kier molecular flexibility index (Phi) is 7.93. The lowest BCUT2D eigenvalue weighted by atomic mass is 10.2. The van der Waals surface area contributed by atoms with E-state index in [-0.39, 0.29) is 6.03 Å². The molecule has 1 aromatic heterocycles. The summed E-state index contributed by atoms with van der Waals surface area (Å²) >= 11 is 1.43. The third-order valence-electron chi connectivity index (χ3n) is 4.84. The molecule has 5 N–H and O–H groups in total. The molecule has 32 heavy (non-hydrogen) atoms. The number of nitrogens with zero attached hydrogens (tertiary/aromatic N) is 5. The highest BCUT2D eigenvalue weighted by Crippen LogP contribution is 2.31. The molecular weight excluding hydrogens is 424 g/mol. The molecule has 3 rings (SSSR count). The zero-order valence-electron chi connectivity index (χ0n) is 18.7. The van der Waals surface area contributed by atoms with Crippen molar-refractivity contribution in [3.63, 3.8) is 0 Å². The highest BCUT2D eigenvalue weighted by atomic mass is 32.2. The van der Waals surface area contributed by atoms with Gasteiger partial charge in [-0.15, -0.1) is 0 Å². The van der Waals surface area contributed by atoms with E-state index in [2.05, 4.69) is 25.2 Å². The average Bonchev–Trinajstić information content (AvgIpc) is 2.68. The highest BCUT2D eigenvalue weighted by Gasteiger charge is 2.18. The maximum absolute atomic E-state index is 12.2. The predicted octanol–water partition coefficient (Wildman–Crippen LogP) is 3.56. The van der Waals surface area contributed by atoms with Gasteiger partial charge >= 0.3 is 6.03 Å². The topological polar surface area (TPSA) is 126 Å². The number of nitrogens with two attached hydrogens (primary N) is 2. The molecule has 1 aliphatic rings. The third-order valence-corrected chi connectivity index (χ3v) is 5.72. The highest BCUT2D eigenvalue weighted by molar-refractivity contribution is 7.99. The van der Waals surface area contributed by atoms with Gasteiger partial charge in [-0.1, -0.05) is 0 Å². The summed E-state index contributed by atoms with van der Waals surface area (Å²) in [5, 5.41) is 3.49. The minimum atomic E-state index is -0.108. The Balaban J connectivity index is 1.78. The number of carbonyl (C=O) groups is 1. The van der Waals surface area contributed by atoms with Gasteiger partial charge in [0.2, 0.25) is 0 Å². The van der Waals surface area contributed by atoms with Gasteiger partial charge in [0, 0.05) is 48.5 Å². The van der Waals surface area contributed by atoms with Crippen LogP contribution < -0.4 is 21.7 Å². The lowest BCUT2D eigenvalue weighted by Crippen LogP contribution is -2.37. The van der Waals surface area contributed by atoms with Crippen molar-refractivity contribution in [3.8, 4) is 0 Å². The number of allylic oxidation sites excluding steroid dienone is 1. The van der Waals surface area contributed by atoms with Gasteiger partial charge in [0.15, 0.2) is 11.0 Å². The van der Waals surface area contributed by atoms with Crippen molar-refractivity contribution < 1.29 is 4.79 Å². The summed E-state index contributed by atoms with van der Waals surface area (Å²) in [6, 6.07) is 9.33. The van der Waals surface area contributed by atoms with E-state index in [9.17, 15) is 4.79 Å². The van der Waals surface area contributed by atoms with Crippen molar-refractivity contribution in [2.45, 2.75) is 37.2 Å². The molecular formula is C22H30N8OS. The van der Waals surface area contributed by atoms with Gasteiger partial charge < -0.3 is 26.6 Å². The number of nitrogens with one attached hydrogen (secondary N) is 1. The second kappa shape index (κ2) is 10.9. The minimum Gasteiger partial charge on any atom is -0.402 e. The quantitative estimate of drug-likeness (QED) is 0.316. The van der Waals surface area contributed by atoms with Crippen molar-refractivity contribution in [2.24, 2.45) is 16.5 Å². The molecule has 1 saturated heterocycles. The number of anilines is 2. The summed E-state index contributed by atoms with van der Waals surface area (Å²) in [6.45, 7) is 8.91. The third kappa shape index (κ3) is 6.36. The molecule has 10 heteroatoms. The molecule has 2 amide bonds. The standard InChI is InChI=1S/C22H30N8OS/c1-4-29(5-2)22(31)25-16-7-9-17(10-8-16)32-21-27-19(26-18(24)13-15(3)23)14-20(28-21)30-11-6-12-30/h7-10,13-14H,4-6,11-12,23H2,1-3H3,(H,25,31)(H2,24,26,27,28)/b15-13-. The van der Waals surface area contributed by atoms with Crippen LogP contribution in [0.2, 0.25) is 0 Å². The van der Waals surface area contributed by atoms with Crippen LogP contribution in [0.15, 0.2) is 57.1 Å². The van der Waals surface area contributed by atoms with E-state index >= 15 is 0 Å². The van der Waals surface area contributed by atoms with Gasteiger partial charge in [0.1, 0.15) is 11.7 Å². The summed E-state index contributed by atoms with van der Waals surface area (Å²) < 4.78 is 0. The van der Waals surface area contributed by atoms with Crippen LogP contribution in [0.1, 0.15) is 27.2 Å². The Hall–Kier alpha value is -3.27. The fraction of sp³-hybridized carbons (Fsp3) is 0.364. The molecule has 0 radical (unpaired) electrons. The number of aromatic nitrogens is 2. The van der Waals surface area contributed by atoms with E-state index in [1.165, 1.54) is 11.8 Å². The second-order valence-corrected chi connectivity index (χ2v) is 8.40. The summed E-state index contributed by atoms with van der Waals surface area (Å²) in [5.74, 6) is 1.61. The van der Waals surface area contributed by atoms with Crippen LogP contribution in [0, 0.1) is 0 Å². The molecule has 1 aromatic carbocycles. The normalized spacial score (nSPS) is 14.2. The van der Waals surface area contributed by atoms with E-state index < -0.39 is 0 Å². The van der Waals surface area contributed by atoms with Crippen LogP contribution in [0.5, 0.6) is 0 Å². The molecule has 0 saturated carbocycles. The number of amidine groups is 1. The van der Waals surface area contributed by atoms with Crippen LogP contribution in [0.4, 0.5) is 22.1 Å². The first kappa shape index (κ1) is 23.4. The Morgan fingerprint density at radius 1 is 1.22 bits per heavy atom. The van der Waals surface area contributed by atoms with Crippen molar-refractivity contribution in [2.75, 3.05) is 36.4 Å². The maximum Gasteiger partial charge on any atom is 0.321 e. The van der Waals surface area contributed by atoms with Crippen LogP contribution >= 0.6 is 11.8 Å². The first-order valence-corrected chi connectivity index (χ1v) is 11.5. The van der Waals surface area contributed by atoms with E-state index in [4.69, 9.17) is 11.5 Å². The molecule has 9 nitrogen and oxygen atoms in total. The zero-order chi connectivity index (χ0) is 23.1. The smallest absolute Gasteiger partial charge is 0.321 e. The number of aliphatic imine (C=N–C) groups is 1. The van der Waals surface area contributed by atoms with Crippen LogP contribution in [0.25, 0.3) is 0 Å². The number of benzene rings is 1. The molecule has 1 fully saturated rings. The SMILES string of the molecule is CCN(CC)C(=O)Nc1ccc(Sc2nc(N=C(N)/C=C(/C)N)cc(N3CCC3)n2)cc1. The fourth-order valence-corrected chi connectivity index (χ4v) is 3.80. The first-order chi connectivity index (χ1) is 15.4. The van der Waals surface area contributed by atoms with Crippen LogP contribution in [-0.4, -0.2) is 52.9 Å². The summed E-state index contributed by atoms with van der Waals surface area (Å²) in [7, 11) is 0. The van der Waals surface area contributed by atoms with Gasteiger partial charge in [0.05, 0.1) is 0 Å². The Bertz CT molecular complexity index is 993. The number of carbonyl (C=O) groups excluding carboxylic acids is 1. The second-order valence-electron chi connectivity index (χ2n) is 7.36. The van der Waals surface area contributed by atoms with Crippen molar-refractivity contribution in [1.29, 1.82) is 0 Å². The van der Waals surface area contributed by atoms with Gasteiger partial charge in [-0.05, 0) is 69.3 Å². The number of urea groups is 1. The number of amides is 2. The van der Waals surface area contributed by atoms with Gasteiger partial charge in [0.25, 0.3) is 0 Å². The number of rotatable bonds is 8. The van der Waals surface area contributed by atoms with Gasteiger partial charge in [-0.25, -0.2) is 19.8 Å². The summed E-state index contributed by atoms with van der Waals surface area (Å²) in [5.41, 5.74) is 13.0. The lowest BCUT2D eigenvalue weighted by Gasteiger charge is -2.32. The van der Waals surface area contributed by atoms with Crippen LogP contribution in [0.3, 0.4) is 0 Å². The van der Waals surface area contributed by atoms with Crippen LogP contribution in [-0.2, 0) is 0 Å². The Morgan fingerprint density at radius 3 is 2.47 bits per heavy atom. The predicted molar refractivity (Wildman–Crippen MR) is 131 cm³/mol. The first-order valence-electron chi connectivity index (χ1n) is 10.6. The van der Waals surface area contributed by atoms with E-state index in [1.807, 2.05) is 44.2 Å². The van der Waals surface area contributed by atoms with Gasteiger partial charge in [-0.3, -0.25) is 0 Å². The maximum atomic E-state index is 12.2. The minimum absolute atomic E-state index is 0.108. The lowest BCUT2D eigenvalue weighted by molar-refractivity contribution is 0.217. The Morgan fingerprint density at radius 2 is 1.91 bits per heavy atom. The van der Waals surface area contributed by atoms with Crippen molar-refractivity contribution in [3.05, 3.63) is 42.1 Å². The molecule has 0 spiro atoms. The van der Waals surface area contributed by atoms with Crippen molar-refractivity contribution >= 4 is 41.0 Å². The summed E-state index contributed by atoms with van der Waals surface area (Å²) in [4.78, 5) is 30.7. The number of hydrogen-bond donors (Lipinski definition) is 3. The summed E-state index contributed by atoms with van der Waals surface area (Å²) in [6.07, 6.45) is 2.74. The number of hydrogen-bond acceptors (Lipinski definition) is 7. The molecule has 0 bridgehead atoms. The largest absolute Gasteiger partial charge is 0.402 e. The Labute approximate surface area is 193 Å². The molecule has 0 unspecified atom stereocenters. The van der Waals surface area contributed by atoms with E-state index in [0.29, 0.717) is 35.6 Å². The molecule has 2 aromatic rings. The molecule has 1 aliphatic heterocycles. The fourth-order valence-electron chi connectivity index (χ4n) is 3.03. The average molecular weight is 455 g/mol.